The highest BCUT2D eigenvalue weighted by atomic mass is 16.5. The average molecular weight is 312 g/mol. The number of methoxy groups -OCH3 is 1. The first kappa shape index (κ1) is 14.5. The van der Waals surface area contributed by atoms with Gasteiger partial charge in [0.05, 0.1) is 7.11 Å². The molecule has 8 nitrogen and oxygen atoms in total. The first-order valence-electron chi connectivity index (χ1n) is 6.61. The zero-order valence-electron chi connectivity index (χ0n) is 12.1. The summed E-state index contributed by atoms with van der Waals surface area (Å²) in [5.41, 5.74) is 0.469. The van der Waals surface area contributed by atoms with Crippen LogP contribution in [0.1, 0.15) is 20.8 Å². The van der Waals surface area contributed by atoms with Gasteiger partial charge in [-0.05, 0) is 24.3 Å². The van der Waals surface area contributed by atoms with Crippen molar-refractivity contribution >= 4 is 23.3 Å². The van der Waals surface area contributed by atoms with Crippen molar-refractivity contribution in [2.45, 2.75) is 0 Å². The largest absolute Gasteiger partial charge is 0.496 e. The Bertz CT molecular complexity index is 870. The van der Waals surface area contributed by atoms with Gasteiger partial charge < -0.3 is 15.2 Å². The number of anilines is 1. The molecule has 0 fully saturated rings. The maximum absolute atomic E-state index is 12.2. The predicted octanol–water partition coefficient (Wildman–Crippen LogP) is 1.69. The van der Waals surface area contributed by atoms with E-state index in [4.69, 9.17) is 9.84 Å². The number of ether oxygens (including phenoxy) is 1. The summed E-state index contributed by atoms with van der Waals surface area (Å²) < 4.78 is 6.59. The van der Waals surface area contributed by atoms with Crippen molar-refractivity contribution in [1.82, 2.24) is 14.4 Å². The number of carboxylic acids is 1. The quantitative estimate of drug-likeness (QED) is 0.759. The van der Waals surface area contributed by atoms with Gasteiger partial charge in [0.15, 0.2) is 0 Å². The van der Waals surface area contributed by atoms with Gasteiger partial charge >= 0.3 is 5.97 Å². The van der Waals surface area contributed by atoms with Crippen LogP contribution < -0.4 is 10.1 Å². The first-order chi connectivity index (χ1) is 11.1. The monoisotopic (exact) mass is 312 g/mol. The lowest BCUT2D eigenvalue weighted by atomic mass is 10.1. The summed E-state index contributed by atoms with van der Waals surface area (Å²) in [6.45, 7) is 0. The normalized spacial score (nSPS) is 10.5. The lowest BCUT2D eigenvalue weighted by molar-refractivity contribution is 0.0693. The summed E-state index contributed by atoms with van der Waals surface area (Å²) in [4.78, 5) is 31.5. The van der Waals surface area contributed by atoms with Crippen molar-refractivity contribution in [2.75, 3.05) is 12.4 Å². The minimum atomic E-state index is -1.14. The van der Waals surface area contributed by atoms with Gasteiger partial charge in [0.2, 0.25) is 5.78 Å². The molecule has 3 rings (SSSR count). The number of imidazole rings is 1. The van der Waals surface area contributed by atoms with E-state index in [1.807, 2.05) is 0 Å². The van der Waals surface area contributed by atoms with Gasteiger partial charge in [-0.1, -0.05) is 0 Å². The first-order valence-corrected chi connectivity index (χ1v) is 6.61. The predicted molar refractivity (Wildman–Crippen MR) is 80.9 cm³/mol. The van der Waals surface area contributed by atoms with Gasteiger partial charge in [-0.3, -0.25) is 9.20 Å². The molecule has 1 aromatic carbocycles. The van der Waals surface area contributed by atoms with E-state index >= 15 is 0 Å². The van der Waals surface area contributed by atoms with Gasteiger partial charge in [-0.15, -0.1) is 0 Å². The number of aromatic carboxylic acids is 1. The van der Waals surface area contributed by atoms with E-state index < -0.39 is 11.9 Å². The lowest BCUT2D eigenvalue weighted by Crippen LogP contribution is -2.13. The molecule has 0 saturated carbocycles. The van der Waals surface area contributed by atoms with Crippen LogP contribution >= 0.6 is 0 Å². The number of nitrogens with zero attached hydrogens (tertiary/aromatic N) is 3. The Morgan fingerprint density at radius 1 is 1.35 bits per heavy atom. The second kappa shape index (κ2) is 5.76. The van der Waals surface area contributed by atoms with Crippen molar-refractivity contribution < 1.29 is 19.4 Å². The molecule has 3 aromatic rings. The molecule has 1 amide bonds. The number of aromatic nitrogens is 3. The highest BCUT2D eigenvalue weighted by molar-refractivity contribution is 6.04. The van der Waals surface area contributed by atoms with Crippen LogP contribution in [-0.2, 0) is 0 Å². The summed E-state index contributed by atoms with van der Waals surface area (Å²) in [7, 11) is 1.38. The average Bonchev–Trinajstić information content (AvgIpc) is 2.99. The third-order valence-corrected chi connectivity index (χ3v) is 3.16. The van der Waals surface area contributed by atoms with Gasteiger partial charge in [-0.2, -0.15) is 0 Å². The Balaban J connectivity index is 1.87. The van der Waals surface area contributed by atoms with Crippen LogP contribution in [0.4, 0.5) is 5.69 Å². The van der Waals surface area contributed by atoms with E-state index in [1.165, 1.54) is 19.2 Å². The summed E-state index contributed by atoms with van der Waals surface area (Å²) >= 11 is 0. The fourth-order valence-electron chi connectivity index (χ4n) is 2.09. The number of carbonyl (C=O) groups excluding carboxylic acids is 1. The van der Waals surface area contributed by atoms with Crippen LogP contribution in [0.2, 0.25) is 0 Å². The zero-order valence-corrected chi connectivity index (χ0v) is 12.1. The topological polar surface area (TPSA) is 106 Å². The number of benzene rings is 1. The molecule has 0 aliphatic heterocycles. The van der Waals surface area contributed by atoms with E-state index in [-0.39, 0.29) is 17.0 Å². The number of rotatable bonds is 4. The van der Waals surface area contributed by atoms with Crippen LogP contribution in [0, 0.1) is 0 Å². The van der Waals surface area contributed by atoms with E-state index in [1.54, 1.807) is 35.1 Å². The molecule has 0 bridgehead atoms. The Labute approximate surface area is 130 Å². The second-order valence-electron chi connectivity index (χ2n) is 4.63. The van der Waals surface area contributed by atoms with E-state index in [2.05, 4.69) is 15.3 Å². The number of nitrogens with one attached hydrogen (secondary N) is 1. The molecule has 0 atom stereocenters. The molecule has 2 N–H and O–H groups in total. The summed E-state index contributed by atoms with van der Waals surface area (Å²) in [5, 5.41) is 11.8. The lowest BCUT2D eigenvalue weighted by Gasteiger charge is -2.08. The zero-order chi connectivity index (χ0) is 16.4. The number of fused-ring (bicyclic) bond motifs is 1. The fourth-order valence-corrected chi connectivity index (χ4v) is 2.09. The minimum absolute atomic E-state index is 0.0398. The molecule has 8 heteroatoms. The molecular weight excluding hydrogens is 300 g/mol. The Morgan fingerprint density at radius 2 is 2.17 bits per heavy atom. The number of carbonyl (C=O) groups is 2. The molecule has 0 spiro atoms. The van der Waals surface area contributed by atoms with Crippen LogP contribution in [0.3, 0.4) is 0 Å². The van der Waals surface area contributed by atoms with E-state index in [0.717, 1.165) is 0 Å². The number of hydrogen-bond acceptors (Lipinski definition) is 5. The molecule has 0 aliphatic rings. The van der Waals surface area contributed by atoms with E-state index in [9.17, 15) is 9.59 Å². The van der Waals surface area contributed by atoms with Crippen molar-refractivity contribution in [2.24, 2.45) is 0 Å². The van der Waals surface area contributed by atoms with Crippen LogP contribution in [0.15, 0.2) is 42.9 Å². The van der Waals surface area contributed by atoms with Crippen molar-refractivity contribution in [1.29, 1.82) is 0 Å². The fraction of sp³-hybridized carbons (Fsp3) is 0.0667. The summed E-state index contributed by atoms with van der Waals surface area (Å²) in [6.07, 6.45) is 4.84. The molecule has 0 radical (unpaired) electrons. The molecular formula is C15H12N4O4. The van der Waals surface area contributed by atoms with Crippen LogP contribution in [0.25, 0.3) is 5.78 Å². The van der Waals surface area contributed by atoms with Crippen molar-refractivity contribution in [3.05, 3.63) is 54.1 Å². The number of hydrogen-bond donors (Lipinski definition) is 2. The standard InChI is InChI=1S/C15H12N4O4/c1-23-12-4-3-9(7-10(12)14(21)22)17-13(20)11-8-19-6-2-5-16-15(19)18-11/h2-8H,1H3,(H,17,20)(H,21,22). The van der Waals surface area contributed by atoms with Crippen LogP contribution in [-0.4, -0.2) is 38.5 Å². The highest BCUT2D eigenvalue weighted by Crippen LogP contribution is 2.23. The SMILES string of the molecule is COc1ccc(NC(=O)c2cn3cccnc3n2)cc1C(=O)O. The highest BCUT2D eigenvalue weighted by Gasteiger charge is 2.15. The molecule has 2 aromatic heterocycles. The van der Waals surface area contributed by atoms with Gasteiger partial charge in [-0.25, -0.2) is 14.8 Å². The smallest absolute Gasteiger partial charge is 0.339 e. The molecule has 23 heavy (non-hydrogen) atoms. The molecule has 0 unspecified atom stereocenters. The van der Waals surface area contributed by atoms with Gasteiger partial charge in [0.25, 0.3) is 5.91 Å². The maximum atomic E-state index is 12.2. The second-order valence-corrected chi connectivity index (χ2v) is 4.63. The number of amides is 1. The van der Waals surface area contributed by atoms with Crippen molar-refractivity contribution in [3.63, 3.8) is 0 Å². The third kappa shape index (κ3) is 2.82. The number of carboxylic acid groups (broad SMARTS) is 1. The van der Waals surface area contributed by atoms with Gasteiger partial charge in [0.1, 0.15) is 17.0 Å². The Morgan fingerprint density at radius 3 is 2.87 bits per heavy atom. The molecule has 0 aliphatic carbocycles. The summed E-state index contributed by atoms with van der Waals surface area (Å²) in [5.74, 6) is -0.988. The maximum Gasteiger partial charge on any atom is 0.339 e. The molecule has 116 valence electrons. The third-order valence-electron chi connectivity index (χ3n) is 3.16. The Hall–Kier alpha value is -3.42. The minimum Gasteiger partial charge on any atom is -0.496 e. The molecule has 2 heterocycles. The van der Waals surface area contributed by atoms with Gasteiger partial charge in [0, 0.05) is 24.3 Å². The molecule has 0 saturated heterocycles. The summed E-state index contributed by atoms with van der Waals surface area (Å²) in [6, 6.07) is 6.08. The van der Waals surface area contributed by atoms with Crippen LogP contribution in [0.5, 0.6) is 5.75 Å². The Kier molecular flexibility index (Phi) is 3.63. The van der Waals surface area contributed by atoms with Crippen molar-refractivity contribution in [3.8, 4) is 5.75 Å². The van der Waals surface area contributed by atoms with E-state index in [0.29, 0.717) is 11.5 Å².